The first-order chi connectivity index (χ1) is 14.7. The Morgan fingerprint density at radius 2 is 2.00 bits per heavy atom. The Morgan fingerprint density at radius 3 is 2.70 bits per heavy atom. The van der Waals surface area contributed by atoms with Crippen LogP contribution in [0.3, 0.4) is 0 Å². The fraction of sp³-hybridized carbons (Fsp3) is 0.250. The monoisotopic (exact) mass is 420 g/mol. The van der Waals surface area contributed by atoms with E-state index in [9.17, 15) is 4.79 Å². The number of carbonyl (C=O) groups is 1. The fourth-order valence-corrected chi connectivity index (χ4v) is 3.80. The molecule has 0 aliphatic heterocycles. The Kier molecular flexibility index (Phi) is 6.44. The third kappa shape index (κ3) is 5.27. The molecule has 1 saturated carbocycles. The second-order valence-electron chi connectivity index (χ2n) is 7.18. The van der Waals surface area contributed by atoms with E-state index in [1.807, 2.05) is 58.8 Å². The first-order valence-electron chi connectivity index (χ1n) is 9.94. The smallest absolute Gasteiger partial charge is 0.247 e. The van der Waals surface area contributed by atoms with Gasteiger partial charge in [-0.2, -0.15) is 0 Å². The van der Waals surface area contributed by atoms with Crippen molar-refractivity contribution in [3.05, 3.63) is 82.3 Å². The Labute approximate surface area is 180 Å². The highest BCUT2D eigenvalue weighted by Crippen LogP contribution is 2.32. The van der Waals surface area contributed by atoms with Gasteiger partial charge in [0.1, 0.15) is 6.61 Å². The fourth-order valence-electron chi connectivity index (χ4n) is 3.18. The number of nitrogens with zero attached hydrogens (tertiary/aromatic N) is 2. The van der Waals surface area contributed by atoms with Crippen LogP contribution >= 0.6 is 11.3 Å². The van der Waals surface area contributed by atoms with Gasteiger partial charge in [-0.1, -0.05) is 12.1 Å². The molecule has 5 nitrogen and oxygen atoms in total. The molecule has 1 aliphatic rings. The van der Waals surface area contributed by atoms with Crippen LogP contribution in [0.4, 0.5) is 0 Å². The summed E-state index contributed by atoms with van der Waals surface area (Å²) in [6.45, 7) is 0.977. The number of ether oxygens (including phenoxy) is 2. The maximum absolute atomic E-state index is 12.8. The number of pyridine rings is 1. The summed E-state index contributed by atoms with van der Waals surface area (Å²) in [6, 6.07) is 14.0. The molecule has 1 aromatic carbocycles. The second kappa shape index (κ2) is 9.59. The molecule has 6 heteroatoms. The largest absolute Gasteiger partial charge is 0.493 e. The molecule has 2 aromatic heterocycles. The van der Waals surface area contributed by atoms with Crippen molar-refractivity contribution in [1.29, 1.82) is 0 Å². The Bertz CT molecular complexity index is 999. The van der Waals surface area contributed by atoms with Crippen LogP contribution in [0.1, 0.15) is 28.8 Å². The molecule has 0 spiro atoms. The maximum Gasteiger partial charge on any atom is 0.247 e. The van der Waals surface area contributed by atoms with Crippen LogP contribution in [-0.2, 0) is 17.9 Å². The van der Waals surface area contributed by atoms with Crippen molar-refractivity contribution < 1.29 is 14.3 Å². The van der Waals surface area contributed by atoms with Crippen LogP contribution < -0.4 is 9.47 Å². The van der Waals surface area contributed by atoms with Gasteiger partial charge in [-0.05, 0) is 65.8 Å². The van der Waals surface area contributed by atoms with Gasteiger partial charge in [0.15, 0.2) is 11.5 Å². The van der Waals surface area contributed by atoms with Crippen LogP contribution in [-0.4, -0.2) is 28.9 Å². The average Bonchev–Trinajstić information content (AvgIpc) is 3.49. The predicted octanol–water partition coefficient (Wildman–Crippen LogP) is 4.94. The quantitative estimate of drug-likeness (QED) is 0.460. The zero-order chi connectivity index (χ0) is 20.8. The van der Waals surface area contributed by atoms with Crippen LogP contribution in [0.15, 0.2) is 66.3 Å². The van der Waals surface area contributed by atoms with Gasteiger partial charge in [0.25, 0.3) is 0 Å². The van der Waals surface area contributed by atoms with Gasteiger partial charge in [0.05, 0.1) is 7.11 Å². The molecular formula is C24H24N2O3S. The molecule has 0 unspecified atom stereocenters. The van der Waals surface area contributed by atoms with Crippen molar-refractivity contribution in [3.8, 4) is 11.5 Å². The Balaban J connectivity index is 1.47. The zero-order valence-corrected chi connectivity index (χ0v) is 17.7. The van der Waals surface area contributed by atoms with Gasteiger partial charge in [-0.25, -0.2) is 0 Å². The minimum absolute atomic E-state index is 0.0426. The van der Waals surface area contributed by atoms with E-state index in [0.29, 0.717) is 30.7 Å². The molecule has 0 saturated heterocycles. The van der Waals surface area contributed by atoms with Crippen LogP contribution in [0.25, 0.3) is 6.08 Å². The average molecular weight is 421 g/mol. The molecule has 0 bridgehead atoms. The zero-order valence-electron chi connectivity index (χ0n) is 16.9. The highest BCUT2D eigenvalue weighted by molar-refractivity contribution is 7.10. The molecule has 1 fully saturated rings. The van der Waals surface area contributed by atoms with Crippen molar-refractivity contribution >= 4 is 23.3 Å². The van der Waals surface area contributed by atoms with Crippen molar-refractivity contribution in [3.63, 3.8) is 0 Å². The van der Waals surface area contributed by atoms with E-state index in [1.165, 1.54) is 0 Å². The summed E-state index contributed by atoms with van der Waals surface area (Å²) in [5, 5.41) is 2.01. The van der Waals surface area contributed by atoms with Crippen LogP contribution in [0, 0.1) is 0 Å². The summed E-state index contributed by atoms with van der Waals surface area (Å²) in [7, 11) is 1.63. The summed E-state index contributed by atoms with van der Waals surface area (Å²) in [5.74, 6) is 1.39. The van der Waals surface area contributed by atoms with Gasteiger partial charge in [0, 0.05) is 35.9 Å². The standard InChI is InChI=1S/C24H24N2O3S/c1-28-22-8-4-19(15-23(22)29-17-18-10-12-25-13-11-18)16-26(20-5-6-20)24(27)9-7-21-3-2-14-30-21/h2-4,7-15,20H,5-6,16-17H2,1H3. The molecule has 3 aromatic rings. The summed E-state index contributed by atoms with van der Waals surface area (Å²) in [6.07, 6.45) is 9.17. The summed E-state index contributed by atoms with van der Waals surface area (Å²) in [4.78, 5) is 19.9. The second-order valence-corrected chi connectivity index (χ2v) is 8.15. The third-order valence-corrected chi connectivity index (χ3v) is 5.77. The number of aromatic nitrogens is 1. The van der Waals surface area contributed by atoms with E-state index in [-0.39, 0.29) is 5.91 Å². The molecule has 30 heavy (non-hydrogen) atoms. The van der Waals surface area contributed by atoms with Gasteiger partial charge in [-0.15, -0.1) is 11.3 Å². The third-order valence-electron chi connectivity index (χ3n) is 4.93. The van der Waals surface area contributed by atoms with E-state index in [2.05, 4.69) is 4.98 Å². The van der Waals surface area contributed by atoms with Crippen molar-refractivity contribution in [1.82, 2.24) is 9.88 Å². The number of methoxy groups -OCH3 is 1. The summed E-state index contributed by atoms with van der Waals surface area (Å²) in [5.41, 5.74) is 2.05. The van der Waals surface area contributed by atoms with Gasteiger partial charge >= 0.3 is 0 Å². The van der Waals surface area contributed by atoms with Crippen molar-refractivity contribution in [2.75, 3.05) is 7.11 Å². The SMILES string of the molecule is COc1ccc(CN(C(=O)C=Cc2cccs2)C2CC2)cc1OCc1ccncc1. The summed E-state index contributed by atoms with van der Waals surface area (Å²) < 4.78 is 11.5. The molecule has 2 heterocycles. The predicted molar refractivity (Wildman–Crippen MR) is 118 cm³/mol. The summed E-state index contributed by atoms with van der Waals surface area (Å²) >= 11 is 1.62. The molecule has 0 N–H and O–H groups in total. The van der Waals surface area contributed by atoms with Gasteiger partial charge in [0.2, 0.25) is 5.91 Å². The van der Waals surface area contributed by atoms with Crippen molar-refractivity contribution in [2.24, 2.45) is 0 Å². The number of rotatable bonds is 9. The number of carbonyl (C=O) groups excluding carboxylic acids is 1. The lowest BCUT2D eigenvalue weighted by molar-refractivity contribution is -0.127. The molecule has 4 rings (SSSR count). The number of amides is 1. The highest BCUT2D eigenvalue weighted by atomic mass is 32.1. The van der Waals surface area contributed by atoms with E-state index in [4.69, 9.17) is 9.47 Å². The molecule has 1 amide bonds. The topological polar surface area (TPSA) is 51.7 Å². The first-order valence-corrected chi connectivity index (χ1v) is 10.8. The lowest BCUT2D eigenvalue weighted by Gasteiger charge is -2.22. The maximum atomic E-state index is 12.8. The van der Waals surface area contributed by atoms with Crippen LogP contribution in [0.2, 0.25) is 0 Å². The molecule has 0 atom stereocenters. The Hall–Kier alpha value is -3.12. The van der Waals surface area contributed by atoms with E-state index in [0.717, 1.165) is 28.8 Å². The lowest BCUT2D eigenvalue weighted by atomic mass is 10.1. The number of hydrogen-bond acceptors (Lipinski definition) is 5. The number of hydrogen-bond donors (Lipinski definition) is 0. The minimum atomic E-state index is 0.0426. The molecular weight excluding hydrogens is 396 g/mol. The molecule has 1 aliphatic carbocycles. The minimum Gasteiger partial charge on any atom is -0.493 e. The number of benzene rings is 1. The van der Waals surface area contributed by atoms with E-state index >= 15 is 0 Å². The lowest BCUT2D eigenvalue weighted by Crippen LogP contribution is -2.31. The Morgan fingerprint density at radius 1 is 1.17 bits per heavy atom. The normalized spacial score (nSPS) is 13.4. The van der Waals surface area contributed by atoms with E-state index in [1.54, 1.807) is 36.9 Å². The molecule has 0 radical (unpaired) electrons. The van der Waals surface area contributed by atoms with Crippen LogP contribution in [0.5, 0.6) is 11.5 Å². The van der Waals surface area contributed by atoms with Gasteiger partial charge < -0.3 is 14.4 Å². The van der Waals surface area contributed by atoms with Gasteiger partial charge in [-0.3, -0.25) is 9.78 Å². The van der Waals surface area contributed by atoms with Crippen molar-refractivity contribution in [2.45, 2.75) is 32.0 Å². The highest BCUT2D eigenvalue weighted by Gasteiger charge is 2.31. The van der Waals surface area contributed by atoms with E-state index < -0.39 is 0 Å². The number of thiophene rings is 1. The first kappa shape index (κ1) is 20.2. The molecule has 154 valence electrons.